The fraction of sp³-hybridized carbons (Fsp3) is 0.500. The average Bonchev–Trinajstić information content (AvgIpc) is 2.89. The van der Waals surface area contributed by atoms with Gasteiger partial charge in [-0.05, 0) is 56.8 Å². The van der Waals surface area contributed by atoms with Crippen molar-refractivity contribution in [2.75, 3.05) is 7.05 Å². The summed E-state index contributed by atoms with van der Waals surface area (Å²) in [4.78, 5) is 4.16. The number of piperidine rings is 1. The highest BCUT2D eigenvalue weighted by molar-refractivity contribution is 8.93. The number of benzene rings is 1. The number of thiophene rings is 1. The predicted molar refractivity (Wildman–Crippen MR) is 93.7 cm³/mol. The van der Waals surface area contributed by atoms with Gasteiger partial charge in [-0.3, -0.25) is 0 Å². The number of fused-ring (bicyclic) bond motifs is 3. The summed E-state index contributed by atoms with van der Waals surface area (Å²) < 4.78 is 1.34. The zero-order chi connectivity index (χ0) is 13.0. The van der Waals surface area contributed by atoms with E-state index in [2.05, 4.69) is 30.1 Å². The molecule has 3 heterocycles. The molecule has 108 valence electrons. The van der Waals surface area contributed by atoms with Crippen LogP contribution in [-0.2, 0) is 0 Å². The monoisotopic (exact) mass is 371 g/mol. The molecule has 4 rings (SSSR count). The van der Waals surface area contributed by atoms with Gasteiger partial charge in [0.1, 0.15) is 0 Å². The fourth-order valence-corrected chi connectivity index (χ4v) is 5.39. The number of hydrogen-bond acceptors (Lipinski definition) is 2. The summed E-state index contributed by atoms with van der Waals surface area (Å²) in [6.45, 7) is 0. The minimum absolute atomic E-state index is 0. The van der Waals surface area contributed by atoms with Gasteiger partial charge in [-0.15, -0.1) is 28.3 Å². The molecule has 2 aromatic rings. The molecule has 2 saturated heterocycles. The maximum absolute atomic E-state index is 6.30. The number of hydrogen-bond donors (Lipinski definition) is 0. The molecule has 1 aromatic carbocycles. The summed E-state index contributed by atoms with van der Waals surface area (Å²) >= 11 is 8.25. The van der Waals surface area contributed by atoms with Crippen molar-refractivity contribution in [3.63, 3.8) is 0 Å². The van der Waals surface area contributed by atoms with Gasteiger partial charge in [-0.2, -0.15) is 0 Å². The van der Waals surface area contributed by atoms with Gasteiger partial charge in [0.05, 0.1) is 0 Å². The first kappa shape index (κ1) is 14.8. The largest absolute Gasteiger partial charge is 0.300 e. The Hall–Kier alpha value is -0.0900. The molecule has 2 bridgehead atoms. The van der Waals surface area contributed by atoms with Crippen molar-refractivity contribution in [2.24, 2.45) is 0 Å². The summed E-state index contributed by atoms with van der Waals surface area (Å²) in [5.74, 6) is 0.752. The predicted octanol–water partition coefficient (Wildman–Crippen LogP) is 5.47. The maximum atomic E-state index is 6.30. The number of rotatable bonds is 1. The van der Waals surface area contributed by atoms with E-state index >= 15 is 0 Å². The molecule has 2 unspecified atom stereocenters. The van der Waals surface area contributed by atoms with Gasteiger partial charge in [0.25, 0.3) is 0 Å². The molecule has 2 fully saturated rings. The molecule has 1 aromatic heterocycles. The van der Waals surface area contributed by atoms with E-state index < -0.39 is 0 Å². The standard InChI is InChI=1S/C16H18ClNS.BrH/c1-18-11-5-6-12(18)8-10(7-11)16-9-13-14(17)3-2-4-15(13)19-16;/h2-4,9-12H,5-8H2,1H3;1H. The van der Waals surface area contributed by atoms with E-state index in [9.17, 15) is 0 Å². The molecule has 0 radical (unpaired) electrons. The lowest BCUT2D eigenvalue weighted by atomic mass is 9.90. The molecule has 0 aliphatic carbocycles. The van der Waals surface area contributed by atoms with Crippen molar-refractivity contribution in [1.82, 2.24) is 4.90 Å². The lowest BCUT2D eigenvalue weighted by Gasteiger charge is -2.35. The summed E-state index contributed by atoms with van der Waals surface area (Å²) in [6.07, 6.45) is 5.45. The second-order valence-electron chi connectivity index (χ2n) is 6.02. The Kier molecular flexibility index (Phi) is 4.15. The fourth-order valence-electron chi connectivity index (χ4n) is 3.89. The van der Waals surface area contributed by atoms with Gasteiger partial charge in [-0.1, -0.05) is 17.7 Å². The minimum atomic E-state index is 0. The molecule has 1 nitrogen and oxygen atoms in total. The van der Waals surface area contributed by atoms with Crippen LogP contribution in [0.1, 0.15) is 36.5 Å². The third kappa shape index (κ3) is 2.33. The van der Waals surface area contributed by atoms with Crippen molar-refractivity contribution < 1.29 is 0 Å². The molecular weight excluding hydrogens is 354 g/mol. The topological polar surface area (TPSA) is 3.24 Å². The summed E-state index contributed by atoms with van der Waals surface area (Å²) in [7, 11) is 2.31. The van der Waals surface area contributed by atoms with Crippen LogP contribution in [0.2, 0.25) is 5.02 Å². The van der Waals surface area contributed by atoms with Crippen LogP contribution in [-0.4, -0.2) is 24.0 Å². The van der Waals surface area contributed by atoms with Gasteiger partial charge >= 0.3 is 0 Å². The number of halogens is 2. The minimum Gasteiger partial charge on any atom is -0.300 e. The molecule has 0 N–H and O–H groups in total. The third-order valence-electron chi connectivity index (χ3n) is 5.03. The molecule has 2 atom stereocenters. The molecule has 0 saturated carbocycles. The Bertz CT molecular complexity index is 612. The quantitative estimate of drug-likeness (QED) is 0.641. The summed E-state index contributed by atoms with van der Waals surface area (Å²) in [5, 5.41) is 2.14. The molecule has 2 aliphatic heterocycles. The van der Waals surface area contributed by atoms with Gasteiger partial charge < -0.3 is 4.90 Å². The van der Waals surface area contributed by atoms with Gasteiger partial charge in [-0.25, -0.2) is 0 Å². The maximum Gasteiger partial charge on any atom is 0.0492 e. The van der Waals surface area contributed by atoms with Crippen LogP contribution in [0.25, 0.3) is 10.1 Å². The lowest BCUT2D eigenvalue weighted by Crippen LogP contribution is -2.38. The van der Waals surface area contributed by atoms with Crippen molar-refractivity contribution in [3.05, 3.63) is 34.2 Å². The number of nitrogens with zero attached hydrogens (tertiary/aromatic N) is 1. The van der Waals surface area contributed by atoms with Crippen molar-refractivity contribution in [1.29, 1.82) is 0 Å². The Morgan fingerprint density at radius 1 is 1.20 bits per heavy atom. The van der Waals surface area contributed by atoms with Crippen LogP contribution in [0.5, 0.6) is 0 Å². The van der Waals surface area contributed by atoms with Crippen molar-refractivity contribution in [3.8, 4) is 0 Å². The van der Waals surface area contributed by atoms with E-state index in [4.69, 9.17) is 11.6 Å². The molecule has 4 heteroatoms. The van der Waals surface area contributed by atoms with Crippen LogP contribution >= 0.6 is 39.9 Å². The highest BCUT2D eigenvalue weighted by Crippen LogP contribution is 2.45. The first-order valence-corrected chi connectivity index (χ1v) is 8.31. The Balaban J connectivity index is 0.00000121. The van der Waals surface area contributed by atoms with Gasteiger partial charge in [0.2, 0.25) is 0 Å². The molecule has 2 aliphatic rings. The summed E-state index contributed by atoms with van der Waals surface area (Å²) in [6, 6.07) is 10.2. The SMILES string of the molecule is Br.CN1C2CCC1CC(c1cc3c(Cl)cccc3s1)C2. The second kappa shape index (κ2) is 5.60. The van der Waals surface area contributed by atoms with Gasteiger partial charge in [0.15, 0.2) is 0 Å². The van der Waals surface area contributed by atoms with Crippen LogP contribution in [0.3, 0.4) is 0 Å². The van der Waals surface area contributed by atoms with Crippen LogP contribution < -0.4 is 0 Å². The zero-order valence-corrected chi connectivity index (χ0v) is 14.8. The summed E-state index contributed by atoms with van der Waals surface area (Å²) in [5.41, 5.74) is 0. The first-order chi connectivity index (χ1) is 9.22. The normalized spacial score (nSPS) is 29.6. The average molecular weight is 373 g/mol. The highest BCUT2D eigenvalue weighted by Gasteiger charge is 2.39. The van der Waals surface area contributed by atoms with Crippen LogP contribution in [0.4, 0.5) is 0 Å². The highest BCUT2D eigenvalue weighted by atomic mass is 79.9. The molecule has 0 spiro atoms. The molecular formula is C16H19BrClNS. The van der Waals surface area contributed by atoms with Crippen LogP contribution in [0.15, 0.2) is 24.3 Å². The van der Waals surface area contributed by atoms with E-state index in [0.717, 1.165) is 23.0 Å². The van der Waals surface area contributed by atoms with E-state index in [-0.39, 0.29) is 17.0 Å². The van der Waals surface area contributed by atoms with E-state index in [0.29, 0.717) is 0 Å². The van der Waals surface area contributed by atoms with E-state index in [1.165, 1.54) is 35.8 Å². The van der Waals surface area contributed by atoms with E-state index in [1.807, 2.05) is 17.4 Å². The Morgan fingerprint density at radius 3 is 2.55 bits per heavy atom. The van der Waals surface area contributed by atoms with Crippen LogP contribution in [0, 0.1) is 0 Å². The molecule has 20 heavy (non-hydrogen) atoms. The van der Waals surface area contributed by atoms with Crippen molar-refractivity contribution >= 4 is 50.0 Å². The first-order valence-electron chi connectivity index (χ1n) is 7.12. The van der Waals surface area contributed by atoms with E-state index in [1.54, 1.807) is 4.88 Å². The lowest BCUT2D eigenvalue weighted by molar-refractivity contribution is 0.163. The zero-order valence-electron chi connectivity index (χ0n) is 11.5. The smallest absolute Gasteiger partial charge is 0.0492 e. The third-order valence-corrected chi connectivity index (χ3v) is 6.62. The Labute approximate surface area is 139 Å². The Morgan fingerprint density at radius 2 is 1.90 bits per heavy atom. The molecule has 0 amide bonds. The van der Waals surface area contributed by atoms with Gasteiger partial charge in [0, 0.05) is 32.1 Å². The van der Waals surface area contributed by atoms with Crippen molar-refractivity contribution in [2.45, 2.75) is 43.7 Å². The second-order valence-corrected chi connectivity index (χ2v) is 7.54.